The van der Waals surface area contributed by atoms with Gasteiger partial charge in [-0.3, -0.25) is 14.4 Å². The van der Waals surface area contributed by atoms with Gasteiger partial charge in [-0.1, -0.05) is 37.8 Å². The molecule has 1 aromatic carbocycles. The third-order valence-electron chi connectivity index (χ3n) is 5.86. The lowest BCUT2D eigenvalue weighted by Crippen LogP contribution is -2.51. The molecule has 1 aliphatic carbocycles. The van der Waals surface area contributed by atoms with Crippen LogP contribution in [0.2, 0.25) is 0 Å². The molecule has 152 valence electrons. The van der Waals surface area contributed by atoms with E-state index in [2.05, 4.69) is 5.32 Å². The molecule has 6 nitrogen and oxygen atoms in total. The molecule has 0 radical (unpaired) electrons. The van der Waals surface area contributed by atoms with Crippen molar-refractivity contribution < 1.29 is 14.4 Å². The fourth-order valence-electron chi connectivity index (χ4n) is 4.19. The molecule has 1 heterocycles. The zero-order valence-corrected chi connectivity index (χ0v) is 16.8. The summed E-state index contributed by atoms with van der Waals surface area (Å²) in [7, 11) is 0. The molecule has 1 saturated heterocycles. The van der Waals surface area contributed by atoms with Crippen LogP contribution in [0.1, 0.15) is 51.0 Å². The number of piperazine rings is 1. The van der Waals surface area contributed by atoms with Crippen molar-refractivity contribution in [1.29, 1.82) is 0 Å². The van der Waals surface area contributed by atoms with Crippen molar-refractivity contribution in [3.63, 3.8) is 0 Å². The minimum Gasteiger partial charge on any atom is -0.339 e. The summed E-state index contributed by atoms with van der Waals surface area (Å²) in [4.78, 5) is 39.8. The van der Waals surface area contributed by atoms with Gasteiger partial charge in [0.25, 0.3) is 0 Å². The second-order valence-electron chi connectivity index (χ2n) is 8.01. The first-order valence-electron chi connectivity index (χ1n) is 10.4. The minimum atomic E-state index is -0.112. The van der Waals surface area contributed by atoms with Gasteiger partial charge in [0.1, 0.15) is 0 Å². The maximum Gasteiger partial charge on any atom is 0.227 e. The molecule has 1 saturated carbocycles. The molecule has 1 aromatic rings. The highest BCUT2D eigenvalue weighted by Gasteiger charge is 2.25. The maximum absolute atomic E-state index is 12.6. The van der Waals surface area contributed by atoms with Crippen LogP contribution in [0.4, 0.5) is 5.69 Å². The SMILES string of the molecule is CC(=O)Nc1ccc(CC(=O)N2CCN(C(=O)CCC3CCCC3)CC2)cc1. The minimum absolute atomic E-state index is 0.0883. The number of carbonyl (C=O) groups is 3. The molecule has 3 rings (SSSR count). The Balaban J connectivity index is 1.40. The number of hydrogen-bond donors (Lipinski definition) is 1. The maximum atomic E-state index is 12.6. The number of amides is 3. The number of hydrogen-bond acceptors (Lipinski definition) is 3. The Hall–Kier alpha value is -2.37. The Kier molecular flexibility index (Phi) is 7.06. The Morgan fingerprint density at radius 1 is 0.929 bits per heavy atom. The molecular weight excluding hydrogens is 354 g/mol. The van der Waals surface area contributed by atoms with Crippen LogP contribution < -0.4 is 5.32 Å². The molecule has 0 aromatic heterocycles. The first-order chi connectivity index (χ1) is 13.5. The molecule has 0 atom stereocenters. The van der Waals surface area contributed by atoms with E-state index in [0.29, 0.717) is 39.0 Å². The largest absolute Gasteiger partial charge is 0.339 e. The van der Waals surface area contributed by atoms with Crippen LogP contribution in [0.15, 0.2) is 24.3 Å². The standard InChI is InChI=1S/C22H31N3O3/c1-17(26)23-20-9-6-19(7-10-20)16-22(28)25-14-12-24(13-15-25)21(27)11-8-18-4-2-3-5-18/h6-7,9-10,18H,2-5,8,11-16H2,1H3,(H,23,26). The topological polar surface area (TPSA) is 69.7 Å². The van der Waals surface area contributed by atoms with Crippen molar-refractivity contribution in [3.05, 3.63) is 29.8 Å². The normalized spacial score (nSPS) is 17.6. The van der Waals surface area contributed by atoms with Crippen LogP contribution in [0.3, 0.4) is 0 Å². The number of carbonyl (C=O) groups excluding carboxylic acids is 3. The van der Waals surface area contributed by atoms with E-state index in [-0.39, 0.29) is 17.7 Å². The number of anilines is 1. The van der Waals surface area contributed by atoms with Crippen LogP contribution >= 0.6 is 0 Å². The third-order valence-corrected chi connectivity index (χ3v) is 5.86. The van der Waals surface area contributed by atoms with Crippen LogP contribution in [-0.2, 0) is 20.8 Å². The van der Waals surface area contributed by atoms with Crippen molar-refractivity contribution in [2.45, 2.75) is 51.9 Å². The van der Waals surface area contributed by atoms with Crippen LogP contribution in [0.5, 0.6) is 0 Å². The van der Waals surface area contributed by atoms with Gasteiger partial charge < -0.3 is 15.1 Å². The first kappa shape index (κ1) is 20.4. The number of rotatable bonds is 6. The molecule has 1 aliphatic heterocycles. The predicted molar refractivity (Wildman–Crippen MR) is 109 cm³/mol. The van der Waals surface area contributed by atoms with Gasteiger partial charge in [-0.05, 0) is 30.0 Å². The summed E-state index contributed by atoms with van der Waals surface area (Å²) >= 11 is 0. The summed E-state index contributed by atoms with van der Waals surface area (Å²) in [6.45, 7) is 3.96. The highest BCUT2D eigenvalue weighted by Crippen LogP contribution is 2.28. The smallest absolute Gasteiger partial charge is 0.227 e. The molecule has 2 aliphatic rings. The van der Waals surface area contributed by atoms with E-state index in [1.807, 2.05) is 34.1 Å². The summed E-state index contributed by atoms with van der Waals surface area (Å²) in [6, 6.07) is 7.36. The monoisotopic (exact) mass is 385 g/mol. The average molecular weight is 386 g/mol. The summed E-state index contributed by atoms with van der Waals surface area (Å²) in [5.74, 6) is 0.959. The van der Waals surface area contributed by atoms with E-state index in [1.54, 1.807) is 0 Å². The first-order valence-corrected chi connectivity index (χ1v) is 10.4. The Bertz CT molecular complexity index is 687. The van der Waals surface area contributed by atoms with Gasteiger partial charge in [0.15, 0.2) is 0 Å². The molecule has 3 amide bonds. The molecule has 0 spiro atoms. The summed E-state index contributed by atoms with van der Waals surface area (Å²) in [5, 5.41) is 2.72. The molecule has 2 fully saturated rings. The summed E-state index contributed by atoms with van der Waals surface area (Å²) in [5.41, 5.74) is 1.66. The van der Waals surface area contributed by atoms with Gasteiger partial charge in [0.05, 0.1) is 6.42 Å². The van der Waals surface area contributed by atoms with Gasteiger partial charge in [-0.15, -0.1) is 0 Å². The molecular formula is C22H31N3O3. The van der Waals surface area contributed by atoms with Gasteiger partial charge >= 0.3 is 0 Å². The van der Waals surface area contributed by atoms with E-state index >= 15 is 0 Å². The van der Waals surface area contributed by atoms with Gasteiger partial charge in [0.2, 0.25) is 17.7 Å². The lowest BCUT2D eigenvalue weighted by molar-refractivity contribution is -0.139. The highest BCUT2D eigenvalue weighted by atomic mass is 16.2. The Morgan fingerprint density at radius 2 is 1.50 bits per heavy atom. The lowest BCUT2D eigenvalue weighted by Gasteiger charge is -2.35. The van der Waals surface area contributed by atoms with Crippen molar-refractivity contribution in [2.75, 3.05) is 31.5 Å². The van der Waals surface area contributed by atoms with E-state index in [0.717, 1.165) is 23.6 Å². The second kappa shape index (κ2) is 9.71. The van der Waals surface area contributed by atoms with Crippen molar-refractivity contribution in [3.8, 4) is 0 Å². The van der Waals surface area contributed by atoms with E-state index in [4.69, 9.17) is 0 Å². The van der Waals surface area contributed by atoms with Crippen LogP contribution in [0, 0.1) is 5.92 Å². The summed E-state index contributed by atoms with van der Waals surface area (Å²) < 4.78 is 0. The highest BCUT2D eigenvalue weighted by molar-refractivity contribution is 5.88. The Labute approximate surface area is 167 Å². The number of benzene rings is 1. The van der Waals surface area contributed by atoms with Crippen molar-refractivity contribution in [1.82, 2.24) is 9.80 Å². The van der Waals surface area contributed by atoms with Crippen LogP contribution in [-0.4, -0.2) is 53.7 Å². The average Bonchev–Trinajstić information content (AvgIpc) is 3.21. The van der Waals surface area contributed by atoms with E-state index in [9.17, 15) is 14.4 Å². The molecule has 1 N–H and O–H groups in total. The zero-order valence-electron chi connectivity index (χ0n) is 16.8. The van der Waals surface area contributed by atoms with Gasteiger partial charge in [0, 0.05) is 45.2 Å². The fourth-order valence-corrected chi connectivity index (χ4v) is 4.19. The second-order valence-corrected chi connectivity index (χ2v) is 8.01. The summed E-state index contributed by atoms with van der Waals surface area (Å²) in [6.07, 6.45) is 7.20. The molecule has 0 bridgehead atoms. The van der Waals surface area contributed by atoms with Crippen molar-refractivity contribution in [2.24, 2.45) is 5.92 Å². The Morgan fingerprint density at radius 3 is 2.07 bits per heavy atom. The predicted octanol–water partition coefficient (Wildman–Crippen LogP) is 2.83. The number of nitrogens with one attached hydrogen (secondary N) is 1. The number of nitrogens with zero attached hydrogens (tertiary/aromatic N) is 2. The zero-order chi connectivity index (χ0) is 19.9. The van der Waals surface area contributed by atoms with Crippen molar-refractivity contribution >= 4 is 23.4 Å². The van der Waals surface area contributed by atoms with Gasteiger partial charge in [-0.25, -0.2) is 0 Å². The molecule has 0 unspecified atom stereocenters. The fraction of sp³-hybridized carbons (Fsp3) is 0.591. The quantitative estimate of drug-likeness (QED) is 0.819. The van der Waals surface area contributed by atoms with Gasteiger partial charge in [-0.2, -0.15) is 0 Å². The molecule has 6 heteroatoms. The molecule has 28 heavy (non-hydrogen) atoms. The third kappa shape index (κ3) is 5.81. The lowest BCUT2D eigenvalue weighted by atomic mass is 10.0. The van der Waals surface area contributed by atoms with E-state index < -0.39 is 0 Å². The van der Waals surface area contributed by atoms with E-state index in [1.165, 1.54) is 32.6 Å². The van der Waals surface area contributed by atoms with Crippen LogP contribution in [0.25, 0.3) is 0 Å².